The van der Waals surface area contributed by atoms with Gasteiger partial charge in [-0.05, 0) is 62.1 Å². The van der Waals surface area contributed by atoms with Gasteiger partial charge in [0.15, 0.2) is 4.90 Å². The van der Waals surface area contributed by atoms with E-state index < -0.39 is 38.7 Å². The Bertz CT molecular complexity index is 1180. The normalized spacial score (nSPS) is 18.4. The van der Waals surface area contributed by atoms with E-state index in [-0.39, 0.29) is 36.8 Å². The Morgan fingerprint density at radius 1 is 1.24 bits per heavy atom. The molecule has 0 radical (unpaired) electrons. The highest BCUT2D eigenvalue weighted by Gasteiger charge is 2.40. The predicted octanol–water partition coefficient (Wildman–Crippen LogP) is 2.83. The van der Waals surface area contributed by atoms with Crippen LogP contribution >= 0.6 is 0 Å². The number of ether oxygens (including phenoxy) is 1. The van der Waals surface area contributed by atoms with Gasteiger partial charge in [0.1, 0.15) is 11.9 Å². The smallest absolute Gasteiger partial charge is 0.323 e. The number of aryl methyl sites for hydroxylation is 2. The fourth-order valence-electron chi connectivity index (χ4n) is 4.52. The van der Waals surface area contributed by atoms with Crippen molar-refractivity contribution in [3.05, 3.63) is 69.0 Å². The van der Waals surface area contributed by atoms with E-state index in [1.165, 1.54) is 41.7 Å². The van der Waals surface area contributed by atoms with Crippen molar-refractivity contribution >= 4 is 21.7 Å². The number of carbonyl (C=O) groups is 1. The fraction of sp³-hybridized carbons (Fsp3) is 0.435. The van der Waals surface area contributed by atoms with Gasteiger partial charge >= 0.3 is 5.97 Å². The molecule has 0 bridgehead atoms. The average Bonchev–Trinajstić information content (AvgIpc) is 2.77. The molecule has 3 rings (SSSR count). The summed E-state index contributed by atoms with van der Waals surface area (Å²) in [6.07, 6.45) is 0.286. The molecule has 0 aromatic heterocycles. The second-order valence-corrected chi connectivity index (χ2v) is 10.3. The molecule has 1 aliphatic heterocycles. The Kier molecular flexibility index (Phi) is 7.69. The molecule has 0 spiro atoms. The molecule has 1 fully saturated rings. The third-order valence-electron chi connectivity index (χ3n) is 6.22. The molecule has 184 valence electrons. The Balaban J connectivity index is 1.86. The number of carbonyl (C=O) groups excluding carboxylic acids is 1. The van der Waals surface area contributed by atoms with Crippen LogP contribution in [-0.4, -0.2) is 67.3 Å². The minimum absolute atomic E-state index is 0.0461. The van der Waals surface area contributed by atoms with Crippen LogP contribution in [0.15, 0.2) is 41.3 Å². The van der Waals surface area contributed by atoms with Crippen LogP contribution in [0.5, 0.6) is 0 Å². The van der Waals surface area contributed by atoms with Crippen molar-refractivity contribution < 1.29 is 27.3 Å². The van der Waals surface area contributed by atoms with Crippen LogP contribution in [0.3, 0.4) is 0 Å². The molecular weight excluding hydrogens is 465 g/mol. The predicted molar refractivity (Wildman–Crippen MR) is 123 cm³/mol. The number of nitrogens with zero attached hydrogens (tertiary/aromatic N) is 3. The first-order valence-corrected chi connectivity index (χ1v) is 12.2. The van der Waals surface area contributed by atoms with Crippen LogP contribution in [0.2, 0.25) is 0 Å². The summed E-state index contributed by atoms with van der Waals surface area (Å²) in [7, 11) is -2.84. The molecule has 1 heterocycles. The highest BCUT2D eigenvalue weighted by atomic mass is 32.2. The summed E-state index contributed by atoms with van der Waals surface area (Å²) >= 11 is 0. The second-order valence-electron chi connectivity index (χ2n) is 8.45. The second kappa shape index (κ2) is 10.2. The first-order valence-electron chi connectivity index (χ1n) is 10.8. The number of nitro benzene ring substituents is 1. The summed E-state index contributed by atoms with van der Waals surface area (Å²) in [5, 5.41) is 11.4. The molecule has 34 heavy (non-hydrogen) atoms. The van der Waals surface area contributed by atoms with E-state index in [0.717, 1.165) is 22.8 Å². The number of sulfonamides is 1. The van der Waals surface area contributed by atoms with Crippen LogP contribution in [0.25, 0.3) is 0 Å². The first kappa shape index (κ1) is 25.7. The zero-order chi connectivity index (χ0) is 25.2. The molecule has 0 saturated carbocycles. The van der Waals surface area contributed by atoms with Crippen molar-refractivity contribution in [2.45, 2.75) is 44.2 Å². The number of nitro groups is 1. The van der Waals surface area contributed by atoms with Crippen molar-refractivity contribution in [1.82, 2.24) is 9.21 Å². The number of halogens is 1. The third-order valence-corrected chi connectivity index (χ3v) is 8.28. The van der Waals surface area contributed by atoms with E-state index in [0.29, 0.717) is 0 Å². The number of piperazine rings is 1. The van der Waals surface area contributed by atoms with Gasteiger partial charge in [-0.15, -0.1) is 0 Å². The Hall–Kier alpha value is -2.89. The van der Waals surface area contributed by atoms with Crippen LogP contribution < -0.4 is 0 Å². The monoisotopic (exact) mass is 493 g/mol. The number of para-hydroxylation sites is 1. The van der Waals surface area contributed by atoms with Crippen molar-refractivity contribution in [1.29, 1.82) is 0 Å². The summed E-state index contributed by atoms with van der Waals surface area (Å²) in [5.41, 5.74) is 1.79. The number of esters is 1. The molecule has 2 aromatic rings. The summed E-state index contributed by atoms with van der Waals surface area (Å²) < 4.78 is 46.5. The number of hydrogen-bond donors (Lipinski definition) is 0. The molecule has 0 unspecified atom stereocenters. The summed E-state index contributed by atoms with van der Waals surface area (Å²) in [4.78, 5) is 24.8. The third kappa shape index (κ3) is 5.11. The molecule has 9 nitrogen and oxygen atoms in total. The van der Waals surface area contributed by atoms with Crippen molar-refractivity contribution in [3.63, 3.8) is 0 Å². The summed E-state index contributed by atoms with van der Waals surface area (Å²) in [6.45, 7) is 5.74. The van der Waals surface area contributed by atoms with Gasteiger partial charge in [0.25, 0.3) is 5.69 Å². The number of hydrogen-bond acceptors (Lipinski definition) is 7. The number of methoxy groups -OCH3 is 1. The lowest BCUT2D eigenvalue weighted by Gasteiger charge is -2.41. The van der Waals surface area contributed by atoms with Crippen molar-refractivity contribution in [2.24, 2.45) is 0 Å². The van der Waals surface area contributed by atoms with Crippen molar-refractivity contribution in [2.75, 3.05) is 26.7 Å². The lowest BCUT2D eigenvalue weighted by atomic mass is 9.95. The lowest BCUT2D eigenvalue weighted by Crippen LogP contribution is -2.58. The van der Waals surface area contributed by atoms with Crippen LogP contribution in [-0.2, 0) is 26.0 Å². The Morgan fingerprint density at radius 2 is 1.85 bits per heavy atom. The average molecular weight is 494 g/mol. The van der Waals surface area contributed by atoms with Crippen LogP contribution in [0, 0.1) is 29.8 Å². The highest BCUT2D eigenvalue weighted by molar-refractivity contribution is 7.89. The molecule has 2 aromatic carbocycles. The quantitative estimate of drug-likeness (QED) is 0.331. The van der Waals surface area contributed by atoms with Gasteiger partial charge in [0.2, 0.25) is 10.0 Å². The maximum absolute atomic E-state index is 13.7. The molecule has 1 aliphatic rings. The SMILES string of the molecule is COC(=O)[C@H](Cc1c(C)cc(F)cc1C)N1CCN(S(=O)(=O)c2ccccc2[N+](=O)[O-])[C@@H](C)C1. The maximum atomic E-state index is 13.7. The largest absolute Gasteiger partial charge is 0.468 e. The van der Waals surface area contributed by atoms with Gasteiger partial charge in [0.05, 0.1) is 12.0 Å². The Morgan fingerprint density at radius 3 is 2.41 bits per heavy atom. The van der Waals surface area contributed by atoms with Gasteiger partial charge in [0, 0.05) is 31.7 Å². The van der Waals surface area contributed by atoms with E-state index >= 15 is 0 Å². The van der Waals surface area contributed by atoms with Gasteiger partial charge < -0.3 is 4.74 Å². The molecule has 2 atom stereocenters. The molecule has 0 amide bonds. The topological polar surface area (TPSA) is 110 Å². The number of benzene rings is 2. The maximum Gasteiger partial charge on any atom is 0.323 e. The van der Waals surface area contributed by atoms with Gasteiger partial charge in [-0.3, -0.25) is 19.8 Å². The summed E-state index contributed by atoms with van der Waals surface area (Å²) in [5.74, 6) is -0.818. The zero-order valence-electron chi connectivity index (χ0n) is 19.5. The van der Waals surface area contributed by atoms with E-state index in [1.807, 2.05) is 4.90 Å². The molecular formula is C23H28FN3O6S. The Labute approximate surface area is 198 Å². The molecule has 0 aliphatic carbocycles. The first-order chi connectivity index (χ1) is 16.0. The standard InChI is InChI=1S/C23H28FN3O6S/c1-15-11-18(24)12-16(2)19(15)13-21(23(28)33-4)25-9-10-26(17(3)14-25)34(31,32)22-8-6-5-7-20(22)27(29)30/h5-8,11-12,17,21H,9-10,13-14H2,1-4H3/t17-,21-/m0/s1. The molecule has 1 saturated heterocycles. The van der Waals surface area contributed by atoms with Crippen LogP contribution in [0.4, 0.5) is 10.1 Å². The minimum Gasteiger partial charge on any atom is -0.468 e. The highest BCUT2D eigenvalue weighted by Crippen LogP contribution is 2.30. The van der Waals surface area contributed by atoms with E-state index in [9.17, 15) is 27.7 Å². The van der Waals surface area contributed by atoms with Gasteiger partial charge in [-0.1, -0.05) is 12.1 Å². The lowest BCUT2D eigenvalue weighted by molar-refractivity contribution is -0.387. The minimum atomic E-state index is -4.13. The molecule has 11 heteroatoms. The van der Waals surface area contributed by atoms with Gasteiger partial charge in [-0.25, -0.2) is 12.8 Å². The summed E-state index contributed by atoms with van der Waals surface area (Å²) in [6, 6.07) is 6.83. The zero-order valence-corrected chi connectivity index (χ0v) is 20.3. The van der Waals surface area contributed by atoms with E-state index in [1.54, 1.807) is 20.8 Å². The number of rotatable bonds is 7. The molecule has 0 N–H and O–H groups in total. The van der Waals surface area contributed by atoms with Crippen molar-refractivity contribution in [3.8, 4) is 0 Å². The van der Waals surface area contributed by atoms with E-state index in [4.69, 9.17) is 4.74 Å². The fourth-order valence-corrected chi connectivity index (χ4v) is 6.29. The van der Waals surface area contributed by atoms with E-state index in [2.05, 4.69) is 0 Å². The van der Waals surface area contributed by atoms with Gasteiger partial charge in [-0.2, -0.15) is 4.31 Å². The van der Waals surface area contributed by atoms with Crippen LogP contribution in [0.1, 0.15) is 23.6 Å².